The molecule has 8 nitrogen and oxygen atoms in total. The number of phenols is 2. The summed E-state index contributed by atoms with van der Waals surface area (Å²) in [5.74, 6) is -0.410. The molecule has 0 heterocycles. The molecule has 0 aliphatic heterocycles. The van der Waals surface area contributed by atoms with Crippen molar-refractivity contribution >= 4 is 41.8 Å². The first kappa shape index (κ1) is 20.1. The van der Waals surface area contributed by atoms with Gasteiger partial charge < -0.3 is 10.2 Å². The van der Waals surface area contributed by atoms with E-state index in [0.29, 0.717) is 21.5 Å². The molecule has 0 saturated carbocycles. The second kappa shape index (κ2) is 6.67. The molecule has 0 aliphatic rings. The fourth-order valence-electron chi connectivity index (χ4n) is 3.44. The van der Waals surface area contributed by atoms with E-state index in [0.717, 1.165) is 0 Å². The van der Waals surface area contributed by atoms with Gasteiger partial charge in [-0.2, -0.15) is 16.8 Å². The van der Waals surface area contributed by atoms with Crippen molar-refractivity contribution in [2.24, 2.45) is 0 Å². The zero-order valence-corrected chi connectivity index (χ0v) is 16.6. The van der Waals surface area contributed by atoms with Gasteiger partial charge in [0.25, 0.3) is 20.2 Å². The molecule has 4 aromatic carbocycles. The summed E-state index contributed by atoms with van der Waals surface area (Å²) in [6, 6.07) is 13.1. The summed E-state index contributed by atoms with van der Waals surface area (Å²) in [5.41, 5.74) is 0.384. The van der Waals surface area contributed by atoms with Gasteiger partial charge in [0.2, 0.25) is 0 Å². The lowest BCUT2D eigenvalue weighted by Crippen LogP contribution is -1.98. The highest BCUT2D eigenvalue weighted by atomic mass is 32.2. The van der Waals surface area contributed by atoms with E-state index in [1.165, 1.54) is 60.7 Å². The van der Waals surface area contributed by atoms with Gasteiger partial charge >= 0.3 is 0 Å². The Morgan fingerprint density at radius 2 is 0.900 bits per heavy atom. The number of rotatable bonds is 3. The van der Waals surface area contributed by atoms with Gasteiger partial charge in [0.1, 0.15) is 11.5 Å². The molecule has 4 N–H and O–H groups in total. The Bertz CT molecular complexity index is 1440. The smallest absolute Gasteiger partial charge is 0.294 e. The minimum absolute atomic E-state index is 0.192. The Labute approximate surface area is 171 Å². The van der Waals surface area contributed by atoms with Crippen molar-refractivity contribution in [3.8, 4) is 22.6 Å². The molecule has 0 unspecified atom stereocenters. The lowest BCUT2D eigenvalue weighted by Gasteiger charge is -2.15. The highest BCUT2D eigenvalue weighted by Gasteiger charge is 2.19. The lowest BCUT2D eigenvalue weighted by atomic mass is 9.92. The van der Waals surface area contributed by atoms with Gasteiger partial charge in [0, 0.05) is 11.1 Å². The van der Waals surface area contributed by atoms with Crippen molar-refractivity contribution in [3.05, 3.63) is 60.7 Å². The maximum absolute atomic E-state index is 11.4. The molecule has 10 heteroatoms. The highest BCUT2D eigenvalue weighted by molar-refractivity contribution is 7.86. The monoisotopic (exact) mass is 446 g/mol. The van der Waals surface area contributed by atoms with Crippen LogP contribution in [0.2, 0.25) is 0 Å². The third-order valence-electron chi connectivity index (χ3n) is 4.78. The Balaban J connectivity index is 2.09. The van der Waals surface area contributed by atoms with E-state index in [2.05, 4.69) is 0 Å². The SMILES string of the molecule is O=S(=O)(O)c1ccc2c(-c3c(O)ccc4cc(S(=O)(=O)O)ccc34)c(O)ccc2c1. The van der Waals surface area contributed by atoms with E-state index in [1.54, 1.807) is 0 Å². The Hall–Kier alpha value is -3.18. The van der Waals surface area contributed by atoms with E-state index >= 15 is 0 Å². The Kier molecular flexibility index (Phi) is 4.47. The maximum atomic E-state index is 11.4. The van der Waals surface area contributed by atoms with Gasteiger partial charge in [-0.15, -0.1) is 0 Å². The van der Waals surface area contributed by atoms with E-state index in [4.69, 9.17) is 0 Å². The maximum Gasteiger partial charge on any atom is 0.294 e. The molecule has 0 fully saturated rings. The molecule has 30 heavy (non-hydrogen) atoms. The molecule has 0 bridgehead atoms. The molecule has 0 radical (unpaired) electrons. The summed E-state index contributed by atoms with van der Waals surface area (Å²) >= 11 is 0. The van der Waals surface area contributed by atoms with Crippen LogP contribution >= 0.6 is 0 Å². The quantitative estimate of drug-likeness (QED) is 0.349. The first-order chi connectivity index (χ1) is 14.0. The van der Waals surface area contributed by atoms with E-state index in [9.17, 15) is 36.2 Å². The molecule has 0 spiro atoms. The van der Waals surface area contributed by atoms with Crippen molar-refractivity contribution in [2.75, 3.05) is 0 Å². The summed E-state index contributed by atoms with van der Waals surface area (Å²) in [7, 11) is -8.87. The summed E-state index contributed by atoms with van der Waals surface area (Å²) < 4.78 is 64.3. The predicted molar refractivity (Wildman–Crippen MR) is 110 cm³/mol. The summed E-state index contributed by atoms with van der Waals surface area (Å²) in [5, 5.41) is 22.6. The van der Waals surface area contributed by atoms with E-state index in [1.807, 2.05) is 0 Å². The Morgan fingerprint density at radius 3 is 1.23 bits per heavy atom. The van der Waals surface area contributed by atoms with Crippen LogP contribution in [0.3, 0.4) is 0 Å². The van der Waals surface area contributed by atoms with Gasteiger partial charge in [-0.05, 0) is 57.9 Å². The second-order valence-electron chi connectivity index (χ2n) is 6.64. The van der Waals surface area contributed by atoms with Crippen LogP contribution in [0.4, 0.5) is 0 Å². The largest absolute Gasteiger partial charge is 0.507 e. The molecular weight excluding hydrogens is 432 g/mol. The lowest BCUT2D eigenvalue weighted by molar-refractivity contribution is 0.470. The minimum atomic E-state index is -4.44. The van der Waals surface area contributed by atoms with Crippen LogP contribution in [0.1, 0.15) is 0 Å². The molecule has 0 amide bonds. The number of hydrogen-bond donors (Lipinski definition) is 4. The third-order valence-corrected chi connectivity index (χ3v) is 6.48. The average Bonchev–Trinajstić information content (AvgIpc) is 2.66. The zero-order chi connectivity index (χ0) is 21.8. The van der Waals surface area contributed by atoms with Crippen molar-refractivity contribution in [1.82, 2.24) is 0 Å². The summed E-state index contributed by atoms with van der Waals surface area (Å²) in [6.07, 6.45) is 0. The van der Waals surface area contributed by atoms with Gasteiger partial charge in [0.15, 0.2) is 0 Å². The third kappa shape index (κ3) is 3.35. The molecule has 0 aromatic heterocycles. The van der Waals surface area contributed by atoms with Gasteiger partial charge in [-0.1, -0.05) is 24.3 Å². The van der Waals surface area contributed by atoms with Crippen molar-refractivity contribution in [2.45, 2.75) is 9.79 Å². The summed E-state index contributed by atoms with van der Waals surface area (Å²) in [6.45, 7) is 0. The number of hydrogen-bond acceptors (Lipinski definition) is 6. The molecule has 0 aliphatic carbocycles. The van der Waals surface area contributed by atoms with Crippen LogP contribution in [0.15, 0.2) is 70.5 Å². The predicted octanol–water partition coefficient (Wildman–Crippen LogP) is 3.56. The van der Waals surface area contributed by atoms with Crippen LogP contribution in [0.5, 0.6) is 11.5 Å². The van der Waals surface area contributed by atoms with Crippen LogP contribution in [0.25, 0.3) is 32.7 Å². The van der Waals surface area contributed by atoms with Crippen molar-refractivity contribution in [1.29, 1.82) is 0 Å². The van der Waals surface area contributed by atoms with Crippen LogP contribution in [-0.4, -0.2) is 36.2 Å². The number of fused-ring (bicyclic) bond motifs is 2. The van der Waals surface area contributed by atoms with Crippen LogP contribution in [0, 0.1) is 0 Å². The highest BCUT2D eigenvalue weighted by Crippen LogP contribution is 2.45. The average molecular weight is 446 g/mol. The topological polar surface area (TPSA) is 149 Å². The molecule has 0 saturated heterocycles. The van der Waals surface area contributed by atoms with Gasteiger partial charge in [0.05, 0.1) is 9.79 Å². The molecule has 154 valence electrons. The molecule has 0 atom stereocenters. The van der Waals surface area contributed by atoms with Crippen LogP contribution < -0.4 is 0 Å². The molecule has 4 aromatic rings. The van der Waals surface area contributed by atoms with E-state index in [-0.39, 0.29) is 32.4 Å². The summed E-state index contributed by atoms with van der Waals surface area (Å²) in [4.78, 5) is -0.654. The van der Waals surface area contributed by atoms with Gasteiger partial charge in [-0.3, -0.25) is 9.11 Å². The number of benzene rings is 4. The van der Waals surface area contributed by atoms with E-state index < -0.39 is 20.2 Å². The standard InChI is InChI=1S/C20H14O8S2/c21-17-7-1-11-9-13(29(23,24)25)3-5-15(11)19(17)20-16-6-4-14(30(26,27)28)10-12(16)2-8-18(20)22/h1-10,21-22H,(H,23,24,25)(H,26,27,28). The molecular formula is C20H14O8S2. The normalized spacial score (nSPS) is 12.5. The zero-order valence-electron chi connectivity index (χ0n) is 15.0. The number of aromatic hydroxyl groups is 2. The van der Waals surface area contributed by atoms with Gasteiger partial charge in [-0.25, -0.2) is 0 Å². The Morgan fingerprint density at radius 1 is 0.533 bits per heavy atom. The number of phenolic OH excluding ortho intramolecular Hbond substituents is 2. The first-order valence-electron chi connectivity index (χ1n) is 8.43. The fraction of sp³-hybridized carbons (Fsp3) is 0. The van der Waals surface area contributed by atoms with Crippen LogP contribution in [-0.2, 0) is 20.2 Å². The van der Waals surface area contributed by atoms with Crippen molar-refractivity contribution < 1.29 is 36.2 Å². The first-order valence-corrected chi connectivity index (χ1v) is 11.3. The van der Waals surface area contributed by atoms with Crippen molar-refractivity contribution in [3.63, 3.8) is 0 Å². The fourth-order valence-corrected chi connectivity index (χ4v) is 4.47. The second-order valence-corrected chi connectivity index (χ2v) is 9.48. The molecule has 4 rings (SSSR count). The minimum Gasteiger partial charge on any atom is -0.507 e.